The molecule has 0 unspecified atom stereocenters. The number of ether oxygens (including phenoxy) is 1. The molecule has 0 radical (unpaired) electrons. The Kier molecular flexibility index (Phi) is 3.89. The van der Waals surface area contributed by atoms with Gasteiger partial charge in [0.2, 0.25) is 11.9 Å². The molecule has 1 heterocycles. The van der Waals surface area contributed by atoms with Crippen molar-refractivity contribution in [2.45, 2.75) is 0 Å². The average Bonchev–Trinajstić information content (AvgIpc) is 2.25. The minimum Gasteiger partial charge on any atom is -0.450 e. The minimum atomic E-state index is 0.143. The summed E-state index contributed by atoms with van der Waals surface area (Å²) in [6, 6.07) is 0.236. The van der Waals surface area contributed by atoms with Crippen molar-refractivity contribution in [2.75, 3.05) is 44.6 Å². The van der Waals surface area contributed by atoms with E-state index in [-0.39, 0.29) is 12.6 Å². The SMILES string of the molecule is C#CCOc1nc(N(C)C)nc(N(C)C)n1. The molecule has 1 aromatic rings. The predicted octanol–water partition coefficient (Wildman–Crippen LogP) is 0.0156. The van der Waals surface area contributed by atoms with E-state index in [1.165, 1.54) is 0 Å². The highest BCUT2D eigenvalue weighted by Crippen LogP contribution is 2.14. The van der Waals surface area contributed by atoms with E-state index in [0.29, 0.717) is 11.9 Å². The lowest BCUT2D eigenvalue weighted by Gasteiger charge is -2.15. The monoisotopic (exact) mass is 221 g/mol. The maximum absolute atomic E-state index is 5.19. The summed E-state index contributed by atoms with van der Waals surface area (Å²) in [6.07, 6.45) is 5.11. The van der Waals surface area contributed by atoms with Gasteiger partial charge < -0.3 is 14.5 Å². The fourth-order valence-corrected chi connectivity index (χ4v) is 0.906. The summed E-state index contributed by atoms with van der Waals surface area (Å²) >= 11 is 0. The first-order valence-electron chi connectivity index (χ1n) is 4.71. The molecule has 16 heavy (non-hydrogen) atoms. The van der Waals surface area contributed by atoms with Crippen LogP contribution in [0.15, 0.2) is 0 Å². The van der Waals surface area contributed by atoms with Gasteiger partial charge in [0.05, 0.1) is 0 Å². The van der Waals surface area contributed by atoms with E-state index in [4.69, 9.17) is 11.2 Å². The maximum atomic E-state index is 5.19. The number of hydrogen-bond donors (Lipinski definition) is 0. The van der Waals surface area contributed by atoms with Crippen molar-refractivity contribution >= 4 is 11.9 Å². The largest absolute Gasteiger partial charge is 0.450 e. The molecule has 0 aliphatic heterocycles. The normalized spacial score (nSPS) is 9.44. The van der Waals surface area contributed by atoms with E-state index >= 15 is 0 Å². The first-order valence-corrected chi connectivity index (χ1v) is 4.71. The Labute approximate surface area is 95.3 Å². The summed E-state index contributed by atoms with van der Waals surface area (Å²) in [5.74, 6) is 3.43. The van der Waals surface area contributed by atoms with Gasteiger partial charge in [0.25, 0.3) is 0 Å². The Morgan fingerprint density at radius 2 is 1.56 bits per heavy atom. The van der Waals surface area contributed by atoms with Crippen molar-refractivity contribution in [3.63, 3.8) is 0 Å². The Hall–Kier alpha value is -2.03. The van der Waals surface area contributed by atoms with Gasteiger partial charge in [0, 0.05) is 28.2 Å². The zero-order valence-corrected chi connectivity index (χ0v) is 9.93. The number of hydrogen-bond acceptors (Lipinski definition) is 6. The van der Waals surface area contributed by atoms with Gasteiger partial charge in [-0.2, -0.15) is 15.0 Å². The third kappa shape index (κ3) is 2.98. The molecule has 0 aliphatic rings. The molecule has 0 amide bonds. The van der Waals surface area contributed by atoms with E-state index in [0.717, 1.165) is 0 Å². The number of terminal acetylenes is 1. The molecule has 0 saturated carbocycles. The van der Waals surface area contributed by atoms with Crippen LogP contribution in [0.2, 0.25) is 0 Å². The molecule has 0 spiro atoms. The summed E-state index contributed by atoms with van der Waals surface area (Å²) < 4.78 is 5.19. The van der Waals surface area contributed by atoms with E-state index in [2.05, 4.69) is 20.9 Å². The third-order valence-electron chi connectivity index (χ3n) is 1.68. The number of aromatic nitrogens is 3. The van der Waals surface area contributed by atoms with Crippen LogP contribution in [-0.4, -0.2) is 49.7 Å². The molecule has 0 bridgehead atoms. The molecule has 0 N–H and O–H groups in total. The number of nitrogens with zero attached hydrogens (tertiary/aromatic N) is 5. The van der Waals surface area contributed by atoms with E-state index in [9.17, 15) is 0 Å². The summed E-state index contributed by atoms with van der Waals surface area (Å²) in [4.78, 5) is 16.0. The Morgan fingerprint density at radius 3 is 1.94 bits per heavy atom. The van der Waals surface area contributed by atoms with Gasteiger partial charge in [-0.1, -0.05) is 5.92 Å². The van der Waals surface area contributed by atoms with E-state index < -0.39 is 0 Å². The molecule has 0 atom stereocenters. The first kappa shape index (κ1) is 12.0. The predicted molar refractivity (Wildman–Crippen MR) is 62.8 cm³/mol. The van der Waals surface area contributed by atoms with Crippen LogP contribution in [0.1, 0.15) is 0 Å². The highest BCUT2D eigenvalue weighted by atomic mass is 16.5. The maximum Gasteiger partial charge on any atom is 0.324 e. The molecule has 0 saturated heterocycles. The summed E-state index contributed by atoms with van der Waals surface area (Å²) in [5.41, 5.74) is 0. The van der Waals surface area contributed by atoms with Gasteiger partial charge in [-0.25, -0.2) is 0 Å². The quantitative estimate of drug-likeness (QED) is 0.668. The van der Waals surface area contributed by atoms with Crippen molar-refractivity contribution in [3.05, 3.63) is 0 Å². The van der Waals surface area contributed by atoms with E-state index in [1.807, 2.05) is 28.2 Å². The van der Waals surface area contributed by atoms with Crippen LogP contribution in [0.3, 0.4) is 0 Å². The second-order valence-corrected chi connectivity index (χ2v) is 3.50. The standard InChI is InChI=1S/C10H15N5O/c1-6-7-16-10-12-8(14(2)3)11-9(13-10)15(4)5/h1H,7H2,2-5H3. The van der Waals surface area contributed by atoms with Crippen molar-refractivity contribution in [3.8, 4) is 18.4 Å². The van der Waals surface area contributed by atoms with Crippen molar-refractivity contribution < 1.29 is 4.74 Å². The van der Waals surface area contributed by atoms with Gasteiger partial charge in [-0.05, 0) is 0 Å². The third-order valence-corrected chi connectivity index (χ3v) is 1.68. The Bertz CT molecular complexity index is 370. The molecular weight excluding hydrogens is 206 g/mol. The highest BCUT2D eigenvalue weighted by Gasteiger charge is 2.09. The zero-order chi connectivity index (χ0) is 12.1. The lowest BCUT2D eigenvalue weighted by molar-refractivity contribution is 0.339. The van der Waals surface area contributed by atoms with E-state index in [1.54, 1.807) is 9.80 Å². The van der Waals surface area contributed by atoms with Crippen LogP contribution in [0.4, 0.5) is 11.9 Å². The van der Waals surface area contributed by atoms with Crippen molar-refractivity contribution in [2.24, 2.45) is 0 Å². The molecule has 0 aromatic carbocycles. The van der Waals surface area contributed by atoms with Gasteiger partial charge in [-0.15, -0.1) is 6.42 Å². The number of rotatable bonds is 4. The number of anilines is 2. The molecule has 1 aromatic heterocycles. The molecule has 1 rings (SSSR count). The minimum absolute atomic E-state index is 0.143. The van der Waals surface area contributed by atoms with Crippen LogP contribution in [-0.2, 0) is 0 Å². The van der Waals surface area contributed by atoms with Gasteiger partial charge >= 0.3 is 6.01 Å². The fourth-order valence-electron chi connectivity index (χ4n) is 0.906. The van der Waals surface area contributed by atoms with Crippen molar-refractivity contribution in [1.29, 1.82) is 0 Å². The summed E-state index contributed by atoms with van der Waals surface area (Å²) in [6.45, 7) is 0.143. The lowest BCUT2D eigenvalue weighted by Crippen LogP contribution is -2.19. The highest BCUT2D eigenvalue weighted by molar-refractivity contribution is 5.37. The first-order chi connectivity index (χ1) is 7.54. The molecular formula is C10H15N5O. The zero-order valence-electron chi connectivity index (χ0n) is 9.93. The topological polar surface area (TPSA) is 54.4 Å². The molecule has 0 aliphatic carbocycles. The molecule has 6 heteroatoms. The van der Waals surface area contributed by atoms with Crippen molar-refractivity contribution in [1.82, 2.24) is 15.0 Å². The molecule has 0 fully saturated rings. The molecule has 6 nitrogen and oxygen atoms in total. The van der Waals surface area contributed by atoms with Crippen LogP contribution in [0.25, 0.3) is 0 Å². The fraction of sp³-hybridized carbons (Fsp3) is 0.500. The summed E-state index contributed by atoms with van der Waals surface area (Å²) in [7, 11) is 7.39. The Balaban J connectivity index is 3.04. The Morgan fingerprint density at radius 1 is 1.06 bits per heavy atom. The van der Waals surface area contributed by atoms with Crippen LogP contribution >= 0.6 is 0 Å². The molecule has 86 valence electrons. The van der Waals surface area contributed by atoms with Crippen LogP contribution < -0.4 is 14.5 Å². The lowest BCUT2D eigenvalue weighted by atomic mass is 10.7. The van der Waals surface area contributed by atoms with Gasteiger partial charge in [-0.3, -0.25) is 0 Å². The van der Waals surface area contributed by atoms with Gasteiger partial charge in [0.15, 0.2) is 6.61 Å². The van der Waals surface area contributed by atoms with Crippen LogP contribution in [0.5, 0.6) is 6.01 Å². The average molecular weight is 221 g/mol. The van der Waals surface area contributed by atoms with Crippen LogP contribution in [0, 0.1) is 12.3 Å². The second kappa shape index (κ2) is 5.16. The smallest absolute Gasteiger partial charge is 0.324 e. The second-order valence-electron chi connectivity index (χ2n) is 3.50. The van der Waals surface area contributed by atoms with Gasteiger partial charge in [0.1, 0.15) is 0 Å². The summed E-state index contributed by atoms with van der Waals surface area (Å²) in [5, 5.41) is 0.